The number of unbranched alkanes of at least 4 members (excludes halogenated alkanes) is 42. The molecule has 3 rings (SSSR count). The summed E-state index contributed by atoms with van der Waals surface area (Å²) in [6.07, 6.45) is 75.1. The first-order chi connectivity index (χ1) is 40.3. The van der Waals surface area contributed by atoms with Crippen LogP contribution < -0.4 is 10.2 Å². The van der Waals surface area contributed by atoms with Gasteiger partial charge in [-0.25, -0.2) is 0 Å². The van der Waals surface area contributed by atoms with Gasteiger partial charge in [0, 0.05) is 0 Å². The van der Waals surface area contributed by atoms with E-state index in [1.165, 1.54) is 304 Å². The minimum absolute atomic E-state index is 0. The largest absolute Gasteiger partial charge is 2.00 e. The van der Waals surface area contributed by atoms with Gasteiger partial charge in [-0.1, -0.05) is 345 Å². The predicted molar refractivity (Wildman–Crippen MR) is 364 cm³/mol. The second-order valence-corrected chi connectivity index (χ2v) is 24.7. The van der Waals surface area contributed by atoms with E-state index in [-0.39, 0.29) is 16.5 Å². The fourth-order valence-corrected chi connectivity index (χ4v) is 11.2. The summed E-state index contributed by atoms with van der Waals surface area (Å²) in [5, 5.41) is 21.4. The van der Waals surface area contributed by atoms with Crippen molar-refractivity contribution in [2.75, 3.05) is 0 Å². The van der Waals surface area contributed by atoms with Crippen LogP contribution in [0.3, 0.4) is 0 Å². The van der Waals surface area contributed by atoms with E-state index in [1.54, 1.807) is 0 Å². The Morgan fingerprint density at radius 1 is 0.325 bits per heavy atom. The fourth-order valence-electron chi connectivity index (χ4n) is 11.2. The first-order valence-corrected chi connectivity index (χ1v) is 35.4. The molecule has 0 radical (unpaired) electrons. The van der Waals surface area contributed by atoms with Crippen LogP contribution in [0.2, 0.25) is 0 Å². The summed E-state index contributed by atoms with van der Waals surface area (Å²) in [7, 11) is 0. The Morgan fingerprint density at radius 3 is 0.867 bits per heavy atom. The Labute approximate surface area is 524 Å². The van der Waals surface area contributed by atoms with Crippen LogP contribution in [0.4, 0.5) is 11.4 Å². The zero-order valence-corrected chi connectivity index (χ0v) is 56.0. The van der Waals surface area contributed by atoms with Crippen molar-refractivity contribution in [1.82, 2.24) is 0 Å². The van der Waals surface area contributed by atoms with Gasteiger partial charge in [0.2, 0.25) is 0 Å². The molecule has 0 amide bonds. The SMILES string of the molecule is CCCCCCCCCCCCCCCCCCCCC=Cc1cccc(N=C(CCCC)C(CCCCCCCC)=Nc2cccc(C=CCCCCCCCCCCCCCCCCCCCC)c2)c1.Cc1cc([O-])c([O-])cc1C.[Ni+2]. The number of hydrogen-bond acceptors (Lipinski definition) is 4. The summed E-state index contributed by atoms with van der Waals surface area (Å²) in [4.78, 5) is 10.8. The third-order valence-corrected chi connectivity index (χ3v) is 16.8. The minimum Gasteiger partial charge on any atom is -0.873 e. The average Bonchev–Trinajstić information content (AvgIpc) is 3.50. The first-order valence-electron chi connectivity index (χ1n) is 35.4. The molecule has 83 heavy (non-hydrogen) atoms. The molecule has 0 heterocycles. The van der Waals surface area contributed by atoms with Crippen molar-refractivity contribution >= 4 is 35.0 Å². The zero-order valence-electron chi connectivity index (χ0n) is 55.1. The Kier molecular flexibility index (Phi) is 53.9. The summed E-state index contributed by atoms with van der Waals surface area (Å²) in [5.74, 6) is -0.828. The molecule has 0 fully saturated rings. The van der Waals surface area contributed by atoms with Crippen LogP contribution >= 0.6 is 0 Å². The van der Waals surface area contributed by atoms with Crippen molar-refractivity contribution in [2.45, 2.75) is 350 Å². The molecule has 0 aliphatic rings. The Bertz CT molecular complexity index is 2000. The molecule has 0 aliphatic heterocycles. The van der Waals surface area contributed by atoms with Crippen LogP contribution in [0.1, 0.15) is 358 Å². The first kappa shape index (κ1) is 77.6. The van der Waals surface area contributed by atoms with Crippen molar-refractivity contribution in [3.05, 3.63) is 95.1 Å². The summed E-state index contributed by atoms with van der Waals surface area (Å²) in [6, 6.07) is 20.6. The van der Waals surface area contributed by atoms with E-state index in [1.807, 2.05) is 13.8 Å². The van der Waals surface area contributed by atoms with Crippen LogP contribution in [0, 0.1) is 13.8 Å². The molecule has 3 aromatic carbocycles. The molecule has 0 aromatic heterocycles. The van der Waals surface area contributed by atoms with Gasteiger partial charge in [0.05, 0.1) is 22.8 Å². The average molecular weight is 1180 g/mol. The number of allylic oxidation sites excluding steroid dienone is 2. The molecule has 5 heteroatoms. The predicted octanol–water partition coefficient (Wildman–Crippen LogP) is 25.8. The molecule has 0 bridgehead atoms. The number of benzene rings is 3. The standard InChI is InChI=1S/C70H120N2.C8H10O2.Ni/c1-5-9-13-16-19-21-23-25-27-29-31-33-35-37-39-41-43-45-47-50-55-65-57-53-59-67(63-65)71-69(61-12-8-4)70(62-52-49-18-15-11-7-3)72-68-60-54-58-66(64-68)56-51-48-46-44-42-40-38-36-34-32-30-28-26-24-22-20-17-14-10-6-2;1-5-3-7(9)8(10)4-6(5)2;/h50-51,53-60,63-64H,5-49,52,61-62H2,1-4H3;3-4,9-10H,1-2H3;/q;;+2/p-2. The van der Waals surface area contributed by atoms with E-state index in [4.69, 9.17) is 9.98 Å². The minimum atomic E-state index is -0.414. The van der Waals surface area contributed by atoms with Crippen molar-refractivity contribution in [2.24, 2.45) is 9.98 Å². The third-order valence-electron chi connectivity index (χ3n) is 16.8. The molecule has 0 N–H and O–H groups in total. The van der Waals surface area contributed by atoms with Gasteiger partial charge in [0.25, 0.3) is 0 Å². The molecular formula is C78H128N2NiO2. The van der Waals surface area contributed by atoms with E-state index in [0.717, 1.165) is 61.0 Å². The van der Waals surface area contributed by atoms with E-state index in [9.17, 15) is 10.2 Å². The van der Waals surface area contributed by atoms with Gasteiger partial charge in [-0.15, -0.1) is 11.5 Å². The molecule has 3 aromatic rings. The number of hydrogen-bond donors (Lipinski definition) is 0. The number of nitrogens with zero attached hydrogens (tertiary/aromatic N) is 2. The maximum atomic E-state index is 10.7. The Balaban J connectivity index is 0.00000281. The Morgan fingerprint density at radius 2 is 0.578 bits per heavy atom. The molecule has 0 atom stereocenters. The smallest absolute Gasteiger partial charge is 0.873 e. The second-order valence-electron chi connectivity index (χ2n) is 24.7. The van der Waals surface area contributed by atoms with Crippen LogP contribution in [0.5, 0.6) is 11.5 Å². The van der Waals surface area contributed by atoms with Crippen molar-refractivity contribution in [3.63, 3.8) is 0 Å². The second kappa shape index (κ2) is 57.6. The molecule has 0 saturated heterocycles. The summed E-state index contributed by atoms with van der Waals surface area (Å²) in [5.41, 5.74) is 8.76. The van der Waals surface area contributed by atoms with E-state index in [2.05, 4.69) is 101 Å². The molecule has 4 nitrogen and oxygen atoms in total. The molecular weight excluding hydrogens is 1060 g/mol. The van der Waals surface area contributed by atoms with Gasteiger partial charge in [-0.05, 0) is 112 Å². The van der Waals surface area contributed by atoms with Crippen LogP contribution in [0.15, 0.2) is 82.8 Å². The monoisotopic (exact) mass is 1180 g/mol. The van der Waals surface area contributed by atoms with Crippen molar-refractivity contribution in [1.29, 1.82) is 0 Å². The van der Waals surface area contributed by atoms with Gasteiger partial charge < -0.3 is 10.2 Å². The molecule has 0 aliphatic carbocycles. The van der Waals surface area contributed by atoms with Gasteiger partial charge >= 0.3 is 16.5 Å². The zero-order chi connectivity index (χ0) is 59.0. The molecule has 0 unspecified atom stereocenters. The van der Waals surface area contributed by atoms with E-state index >= 15 is 0 Å². The van der Waals surface area contributed by atoms with Crippen molar-refractivity contribution in [3.8, 4) is 11.5 Å². The normalized spacial score (nSPS) is 11.9. The van der Waals surface area contributed by atoms with Crippen LogP contribution in [-0.2, 0) is 16.5 Å². The summed E-state index contributed by atoms with van der Waals surface area (Å²) >= 11 is 0. The number of rotatable bonds is 53. The Hall–Kier alpha value is -3.43. The molecule has 0 saturated carbocycles. The number of aliphatic imine (C=N–C) groups is 2. The van der Waals surface area contributed by atoms with Crippen LogP contribution in [0.25, 0.3) is 12.2 Å². The van der Waals surface area contributed by atoms with E-state index in [0.29, 0.717) is 0 Å². The summed E-state index contributed by atoms with van der Waals surface area (Å²) in [6.45, 7) is 12.9. The quantitative estimate of drug-likeness (QED) is 0.0321. The number of aryl methyl sites for hydroxylation is 2. The maximum absolute atomic E-state index is 10.7. The van der Waals surface area contributed by atoms with Crippen LogP contribution in [-0.4, -0.2) is 11.4 Å². The molecule has 0 spiro atoms. The topological polar surface area (TPSA) is 70.8 Å². The van der Waals surface area contributed by atoms with Gasteiger partial charge in [-0.2, -0.15) is 0 Å². The van der Waals surface area contributed by atoms with E-state index < -0.39 is 11.5 Å². The van der Waals surface area contributed by atoms with Gasteiger partial charge in [-0.3, -0.25) is 9.98 Å². The summed E-state index contributed by atoms with van der Waals surface area (Å²) < 4.78 is 0. The molecule has 472 valence electrons. The fraction of sp³-hybridized carbons (Fsp3) is 0.692. The van der Waals surface area contributed by atoms with Gasteiger partial charge in [0.1, 0.15) is 0 Å². The maximum Gasteiger partial charge on any atom is 2.00 e. The van der Waals surface area contributed by atoms with Crippen molar-refractivity contribution < 1.29 is 26.7 Å². The third kappa shape index (κ3) is 45.5. The van der Waals surface area contributed by atoms with Gasteiger partial charge in [0.15, 0.2) is 0 Å².